The number of hydrogen-bond acceptors (Lipinski definition) is 6. The SMILES string of the molecule is CN=C(C)c1ccc(NC(=O)[C@H](Cc2ccc(C)c(-c3cccc(C(=O)NC4CCN(C(C)C)CC4)c3)c2)NC=O)cc1.NCC1CCCCC1. The van der Waals surface area contributed by atoms with Crippen LogP contribution < -0.4 is 21.7 Å². The molecular formula is C42H58N6O3. The summed E-state index contributed by atoms with van der Waals surface area (Å²) >= 11 is 0. The molecule has 1 atom stereocenters. The van der Waals surface area contributed by atoms with Crippen molar-refractivity contribution < 1.29 is 14.4 Å². The maximum atomic E-state index is 13.2. The number of nitrogens with two attached hydrogens (primary N) is 1. The van der Waals surface area contributed by atoms with Gasteiger partial charge < -0.3 is 26.6 Å². The van der Waals surface area contributed by atoms with Gasteiger partial charge in [0.25, 0.3) is 5.91 Å². The van der Waals surface area contributed by atoms with Gasteiger partial charge in [0, 0.05) is 55.6 Å². The number of likely N-dealkylation sites (tertiary alicyclic amines) is 1. The predicted octanol–water partition coefficient (Wildman–Crippen LogP) is 6.52. The van der Waals surface area contributed by atoms with Crippen LogP contribution in [-0.4, -0.2) is 73.6 Å². The van der Waals surface area contributed by atoms with E-state index in [-0.39, 0.29) is 17.9 Å². The molecule has 9 nitrogen and oxygen atoms in total. The fourth-order valence-electron chi connectivity index (χ4n) is 6.89. The van der Waals surface area contributed by atoms with Crippen molar-refractivity contribution in [3.05, 3.63) is 89.0 Å². The molecule has 3 aromatic carbocycles. The van der Waals surface area contributed by atoms with Crippen LogP contribution in [0.15, 0.2) is 71.7 Å². The molecule has 0 bridgehead atoms. The number of piperidine rings is 1. The van der Waals surface area contributed by atoms with Crippen LogP contribution in [0.2, 0.25) is 0 Å². The first-order chi connectivity index (χ1) is 24.6. The van der Waals surface area contributed by atoms with E-state index >= 15 is 0 Å². The summed E-state index contributed by atoms with van der Waals surface area (Å²) in [6.45, 7) is 11.3. The zero-order chi connectivity index (χ0) is 36.8. The molecule has 1 saturated carbocycles. The van der Waals surface area contributed by atoms with E-state index in [1.54, 1.807) is 7.05 Å². The topological polar surface area (TPSA) is 129 Å². The fraction of sp³-hybridized carbons (Fsp3) is 0.476. The molecule has 3 amide bonds. The zero-order valence-corrected chi connectivity index (χ0v) is 31.2. The third-order valence-electron chi connectivity index (χ3n) is 10.3. The number of anilines is 1. The maximum absolute atomic E-state index is 13.2. The minimum Gasteiger partial charge on any atom is -0.349 e. The number of carbonyl (C=O) groups is 3. The summed E-state index contributed by atoms with van der Waals surface area (Å²) < 4.78 is 0. The minimum atomic E-state index is -0.758. The van der Waals surface area contributed by atoms with Crippen LogP contribution in [-0.2, 0) is 16.0 Å². The molecule has 1 aliphatic carbocycles. The lowest BCUT2D eigenvalue weighted by atomic mass is 9.90. The molecule has 1 heterocycles. The van der Waals surface area contributed by atoms with Gasteiger partial charge >= 0.3 is 0 Å². The smallest absolute Gasteiger partial charge is 0.251 e. The number of aliphatic imine (C=N–C) groups is 1. The molecule has 2 aliphatic rings. The quantitative estimate of drug-likeness (QED) is 0.127. The molecule has 3 aromatic rings. The molecule has 9 heteroatoms. The van der Waals surface area contributed by atoms with Crippen molar-refractivity contribution in [1.29, 1.82) is 0 Å². The van der Waals surface area contributed by atoms with Crippen LogP contribution in [0.4, 0.5) is 5.69 Å². The van der Waals surface area contributed by atoms with E-state index in [1.807, 2.05) is 80.6 Å². The van der Waals surface area contributed by atoms with E-state index in [2.05, 4.69) is 39.7 Å². The zero-order valence-electron chi connectivity index (χ0n) is 31.2. The summed E-state index contributed by atoms with van der Waals surface area (Å²) in [6.07, 6.45) is 9.82. The van der Waals surface area contributed by atoms with Crippen LogP contribution in [0.25, 0.3) is 11.1 Å². The van der Waals surface area contributed by atoms with Crippen molar-refractivity contribution in [3.8, 4) is 11.1 Å². The van der Waals surface area contributed by atoms with E-state index in [1.165, 1.54) is 32.1 Å². The van der Waals surface area contributed by atoms with Crippen molar-refractivity contribution in [2.24, 2.45) is 16.6 Å². The van der Waals surface area contributed by atoms with Crippen molar-refractivity contribution >= 4 is 29.6 Å². The Hall–Kier alpha value is -4.34. The predicted molar refractivity (Wildman–Crippen MR) is 209 cm³/mol. The number of nitrogens with zero attached hydrogens (tertiary/aromatic N) is 2. The lowest BCUT2D eigenvalue weighted by Gasteiger charge is -2.34. The fourth-order valence-corrected chi connectivity index (χ4v) is 6.89. The minimum absolute atomic E-state index is 0.0595. The standard InChI is InChI=1S/C35H43N5O3.C7H15N/c1-23(2)40-17-15-31(16-18-40)38-34(42)29-8-6-7-28(21-29)32-19-26(10-9-24(32)3)20-33(37-22-41)35(43)39-30-13-11-27(12-14-30)25(4)36-5;8-6-7-4-2-1-3-5-7/h6-14,19,21-23,31,33H,15-18,20H2,1-5H3,(H,37,41)(H,38,42)(H,39,43);7H,1-6,8H2/t33-;/m0./s1. The van der Waals surface area contributed by atoms with Crippen LogP contribution in [0, 0.1) is 12.8 Å². The van der Waals surface area contributed by atoms with Crippen LogP contribution in [0.3, 0.4) is 0 Å². The largest absolute Gasteiger partial charge is 0.349 e. The van der Waals surface area contributed by atoms with Crippen molar-refractivity contribution in [2.45, 2.75) is 97.2 Å². The van der Waals surface area contributed by atoms with Gasteiger partial charge in [-0.15, -0.1) is 0 Å². The lowest BCUT2D eigenvalue weighted by molar-refractivity contribution is -0.121. The maximum Gasteiger partial charge on any atom is 0.251 e. The summed E-state index contributed by atoms with van der Waals surface area (Å²) in [5, 5.41) is 8.80. The monoisotopic (exact) mass is 694 g/mol. The number of carbonyl (C=O) groups excluding carboxylic acids is 3. The number of amides is 3. The second-order valence-electron chi connectivity index (χ2n) is 14.3. The highest BCUT2D eigenvalue weighted by Crippen LogP contribution is 2.27. The Bertz CT molecular complexity index is 1610. The number of hydrogen-bond donors (Lipinski definition) is 4. The Morgan fingerprint density at radius 3 is 2.25 bits per heavy atom. The van der Waals surface area contributed by atoms with Gasteiger partial charge in [0.15, 0.2) is 0 Å². The van der Waals surface area contributed by atoms with E-state index < -0.39 is 6.04 Å². The van der Waals surface area contributed by atoms with Crippen molar-refractivity contribution in [1.82, 2.24) is 15.5 Å². The highest BCUT2D eigenvalue weighted by molar-refractivity contribution is 6.00. The molecule has 0 unspecified atom stereocenters. The molecule has 0 aromatic heterocycles. The highest BCUT2D eigenvalue weighted by atomic mass is 16.2. The summed E-state index contributed by atoms with van der Waals surface area (Å²) in [4.78, 5) is 44.3. The molecule has 0 radical (unpaired) electrons. The Kier molecular flexibility index (Phi) is 15.4. The highest BCUT2D eigenvalue weighted by Gasteiger charge is 2.23. The van der Waals surface area contributed by atoms with Crippen LogP contribution in [0.5, 0.6) is 0 Å². The van der Waals surface area contributed by atoms with Gasteiger partial charge in [-0.25, -0.2) is 0 Å². The number of rotatable bonds is 12. The first-order valence-electron chi connectivity index (χ1n) is 18.6. The first-order valence-corrected chi connectivity index (χ1v) is 18.6. The number of aryl methyl sites for hydroxylation is 1. The van der Waals surface area contributed by atoms with E-state index in [0.29, 0.717) is 30.1 Å². The normalized spacial score (nSPS) is 16.5. The third-order valence-corrected chi connectivity index (χ3v) is 10.3. The summed E-state index contributed by atoms with van der Waals surface area (Å²) in [5.41, 5.74) is 12.5. The second kappa shape index (κ2) is 19.9. The van der Waals surface area contributed by atoms with Gasteiger partial charge in [-0.3, -0.25) is 19.4 Å². The average Bonchev–Trinajstić information content (AvgIpc) is 3.16. The van der Waals surface area contributed by atoms with Crippen molar-refractivity contribution in [2.75, 3.05) is 32.0 Å². The first kappa shape index (κ1) is 39.4. The molecule has 5 N–H and O–H groups in total. The molecule has 1 saturated heterocycles. The third kappa shape index (κ3) is 11.9. The molecule has 1 aliphatic heterocycles. The molecular weight excluding hydrogens is 637 g/mol. The van der Waals surface area contributed by atoms with Gasteiger partial charge in [0.2, 0.25) is 12.3 Å². The molecule has 2 fully saturated rings. The van der Waals surface area contributed by atoms with Crippen LogP contribution >= 0.6 is 0 Å². The molecule has 0 spiro atoms. The average molecular weight is 695 g/mol. The Labute approximate surface area is 304 Å². The Morgan fingerprint density at radius 1 is 0.941 bits per heavy atom. The number of benzene rings is 3. The van der Waals surface area contributed by atoms with Crippen molar-refractivity contribution in [3.63, 3.8) is 0 Å². The van der Waals surface area contributed by atoms with Crippen LogP contribution in [0.1, 0.15) is 92.8 Å². The summed E-state index contributed by atoms with van der Waals surface area (Å²) in [5.74, 6) is 0.500. The lowest BCUT2D eigenvalue weighted by Crippen LogP contribution is -2.46. The Morgan fingerprint density at radius 2 is 1.65 bits per heavy atom. The van der Waals surface area contributed by atoms with E-state index in [9.17, 15) is 14.4 Å². The summed E-state index contributed by atoms with van der Waals surface area (Å²) in [7, 11) is 1.74. The summed E-state index contributed by atoms with van der Waals surface area (Å²) in [6, 6.07) is 21.0. The molecule has 51 heavy (non-hydrogen) atoms. The Balaban J connectivity index is 0.000000641. The van der Waals surface area contributed by atoms with Gasteiger partial charge in [0.05, 0.1) is 0 Å². The second-order valence-corrected chi connectivity index (χ2v) is 14.3. The van der Waals surface area contributed by atoms with Gasteiger partial charge in [-0.2, -0.15) is 0 Å². The molecule has 274 valence electrons. The van der Waals surface area contributed by atoms with Gasteiger partial charge in [-0.1, -0.05) is 61.7 Å². The van der Waals surface area contributed by atoms with Gasteiger partial charge in [-0.05, 0) is 118 Å². The van der Waals surface area contributed by atoms with E-state index in [0.717, 1.165) is 71.9 Å². The van der Waals surface area contributed by atoms with Gasteiger partial charge in [0.1, 0.15) is 6.04 Å². The number of nitrogens with one attached hydrogen (secondary N) is 3. The molecule has 5 rings (SSSR count). The van der Waals surface area contributed by atoms with E-state index in [4.69, 9.17) is 5.73 Å².